The van der Waals surface area contributed by atoms with E-state index in [1.165, 1.54) is 6.07 Å². The van der Waals surface area contributed by atoms with E-state index < -0.39 is 4.92 Å². The van der Waals surface area contributed by atoms with Crippen LogP contribution in [0, 0.1) is 10.1 Å². The number of hydrogen-bond donors (Lipinski definition) is 1. The predicted molar refractivity (Wildman–Crippen MR) is 88.6 cm³/mol. The van der Waals surface area contributed by atoms with Gasteiger partial charge in [-0.3, -0.25) is 14.9 Å². The van der Waals surface area contributed by atoms with Crippen molar-refractivity contribution in [1.29, 1.82) is 0 Å². The van der Waals surface area contributed by atoms with Crippen LogP contribution in [0.15, 0.2) is 53.6 Å². The molecule has 2 rings (SSSR count). The second kappa shape index (κ2) is 7.31. The maximum Gasteiger partial charge on any atom is 0.278 e. The van der Waals surface area contributed by atoms with E-state index in [-0.39, 0.29) is 11.6 Å². The summed E-state index contributed by atoms with van der Waals surface area (Å²) in [4.78, 5) is 22.6. The molecule has 1 N–H and O–H groups in total. The van der Waals surface area contributed by atoms with Crippen LogP contribution < -0.4 is 5.43 Å². The van der Waals surface area contributed by atoms with Crippen molar-refractivity contribution in [3.8, 4) is 0 Å². The molecule has 2 aromatic rings. The fourth-order valence-electron chi connectivity index (χ4n) is 2.09. The third-order valence-electron chi connectivity index (χ3n) is 3.44. The van der Waals surface area contributed by atoms with Crippen molar-refractivity contribution >= 4 is 17.3 Å². The summed E-state index contributed by atoms with van der Waals surface area (Å²) in [5.41, 5.74) is 4.75. The number of rotatable bonds is 5. The Hall–Kier alpha value is -3.02. The number of hydrogen-bond acceptors (Lipinski definition) is 4. The molecule has 118 valence electrons. The van der Waals surface area contributed by atoms with E-state index in [4.69, 9.17) is 0 Å². The van der Waals surface area contributed by atoms with Crippen LogP contribution in [0.1, 0.15) is 35.3 Å². The van der Waals surface area contributed by atoms with Crippen molar-refractivity contribution in [1.82, 2.24) is 5.43 Å². The van der Waals surface area contributed by atoms with E-state index in [0.717, 1.165) is 12.0 Å². The van der Waals surface area contributed by atoms with Gasteiger partial charge in [0.25, 0.3) is 11.6 Å². The van der Waals surface area contributed by atoms with Crippen molar-refractivity contribution < 1.29 is 9.72 Å². The second-order valence-corrected chi connectivity index (χ2v) is 4.96. The number of carbonyl (C=O) groups is 1. The summed E-state index contributed by atoms with van der Waals surface area (Å²) in [5, 5.41) is 15.0. The van der Waals surface area contributed by atoms with Crippen molar-refractivity contribution in [2.24, 2.45) is 5.10 Å². The smallest absolute Gasteiger partial charge is 0.267 e. The standard InChI is InChI=1S/C17H17N3O3/c1-3-13-8-10-14(11-9-13)17(21)19-18-12(2)15-6-4-5-7-16(15)20(22)23/h4-11H,3H2,1-2H3,(H,19,21)/b18-12-. The molecule has 0 fully saturated rings. The Morgan fingerprint density at radius 1 is 1.17 bits per heavy atom. The van der Waals surface area contributed by atoms with Crippen molar-refractivity contribution in [2.75, 3.05) is 0 Å². The molecule has 0 heterocycles. The van der Waals surface area contributed by atoms with Crippen molar-refractivity contribution in [3.63, 3.8) is 0 Å². The van der Waals surface area contributed by atoms with Crippen LogP contribution >= 0.6 is 0 Å². The maximum absolute atomic E-state index is 12.0. The van der Waals surface area contributed by atoms with E-state index in [0.29, 0.717) is 16.8 Å². The van der Waals surface area contributed by atoms with E-state index in [1.807, 2.05) is 19.1 Å². The monoisotopic (exact) mass is 311 g/mol. The first-order valence-electron chi connectivity index (χ1n) is 7.20. The van der Waals surface area contributed by atoms with Gasteiger partial charge >= 0.3 is 0 Å². The molecule has 1 amide bonds. The first-order valence-corrected chi connectivity index (χ1v) is 7.20. The third-order valence-corrected chi connectivity index (χ3v) is 3.44. The molecule has 0 unspecified atom stereocenters. The fourth-order valence-corrected chi connectivity index (χ4v) is 2.09. The van der Waals surface area contributed by atoms with Crippen LogP contribution in [0.2, 0.25) is 0 Å². The SMILES string of the molecule is CCc1ccc(C(=O)N/N=C(/C)c2ccccc2[N+](=O)[O-])cc1. The lowest BCUT2D eigenvalue weighted by Gasteiger charge is -2.04. The van der Waals surface area contributed by atoms with Crippen molar-refractivity contribution in [3.05, 3.63) is 75.3 Å². The molecule has 6 heteroatoms. The summed E-state index contributed by atoms with van der Waals surface area (Å²) in [6.45, 7) is 3.65. The average Bonchev–Trinajstić information content (AvgIpc) is 2.59. The molecule has 0 radical (unpaired) electrons. The topological polar surface area (TPSA) is 84.6 Å². The summed E-state index contributed by atoms with van der Waals surface area (Å²) in [6, 6.07) is 13.5. The van der Waals surface area contributed by atoms with E-state index in [1.54, 1.807) is 37.3 Å². The summed E-state index contributed by atoms with van der Waals surface area (Å²) in [5.74, 6) is -0.356. The lowest BCUT2D eigenvalue weighted by atomic mass is 10.1. The van der Waals surface area contributed by atoms with E-state index in [2.05, 4.69) is 10.5 Å². The molecule has 0 aliphatic carbocycles. The minimum absolute atomic E-state index is 0.0460. The number of nitrogens with zero attached hydrogens (tertiary/aromatic N) is 2. The van der Waals surface area contributed by atoms with Gasteiger partial charge in [-0.25, -0.2) is 5.43 Å². The van der Waals surface area contributed by atoms with Crippen LogP contribution in [0.3, 0.4) is 0 Å². The Kier molecular flexibility index (Phi) is 5.19. The normalized spacial score (nSPS) is 11.1. The number of amides is 1. The van der Waals surface area contributed by atoms with Crippen LogP contribution in [-0.4, -0.2) is 16.5 Å². The van der Waals surface area contributed by atoms with Gasteiger partial charge in [0.15, 0.2) is 0 Å². The molecule has 2 aromatic carbocycles. The Balaban J connectivity index is 2.15. The van der Waals surface area contributed by atoms with Gasteiger partial charge in [0.2, 0.25) is 0 Å². The molecule has 0 saturated carbocycles. The zero-order valence-electron chi connectivity index (χ0n) is 12.9. The highest BCUT2D eigenvalue weighted by atomic mass is 16.6. The summed E-state index contributed by atoms with van der Waals surface area (Å²) < 4.78 is 0. The lowest BCUT2D eigenvalue weighted by Crippen LogP contribution is -2.19. The number of para-hydroxylation sites is 1. The van der Waals surface area contributed by atoms with Crippen molar-refractivity contribution in [2.45, 2.75) is 20.3 Å². The number of aryl methyl sites for hydroxylation is 1. The summed E-state index contributed by atoms with van der Waals surface area (Å²) >= 11 is 0. The number of hydrazone groups is 1. The zero-order valence-corrected chi connectivity index (χ0v) is 12.9. The van der Waals surface area contributed by atoms with Gasteiger partial charge in [-0.15, -0.1) is 0 Å². The lowest BCUT2D eigenvalue weighted by molar-refractivity contribution is -0.385. The van der Waals surface area contributed by atoms with E-state index in [9.17, 15) is 14.9 Å². The van der Waals surface area contributed by atoms with Crippen LogP contribution in [0.5, 0.6) is 0 Å². The molecule has 23 heavy (non-hydrogen) atoms. The Labute approximate surface area is 134 Å². The average molecular weight is 311 g/mol. The minimum atomic E-state index is -0.473. The highest BCUT2D eigenvalue weighted by molar-refractivity contribution is 6.03. The first-order chi connectivity index (χ1) is 11.0. The van der Waals surface area contributed by atoms with Crippen LogP contribution in [0.4, 0.5) is 5.69 Å². The number of nitro benzene ring substituents is 1. The van der Waals surface area contributed by atoms with Gasteiger partial charge in [-0.2, -0.15) is 5.10 Å². The molecular weight excluding hydrogens is 294 g/mol. The molecule has 0 bridgehead atoms. The number of carbonyl (C=O) groups excluding carboxylic acids is 1. The quantitative estimate of drug-likeness (QED) is 0.522. The summed E-state index contributed by atoms with van der Waals surface area (Å²) in [7, 11) is 0. The molecular formula is C17H17N3O3. The van der Waals surface area contributed by atoms with Gasteiger partial charge in [-0.1, -0.05) is 31.2 Å². The highest BCUT2D eigenvalue weighted by Gasteiger charge is 2.15. The first kappa shape index (κ1) is 16.4. The Bertz CT molecular complexity index is 752. The molecule has 6 nitrogen and oxygen atoms in total. The zero-order chi connectivity index (χ0) is 16.8. The number of nitrogens with one attached hydrogen (secondary N) is 1. The van der Waals surface area contributed by atoms with Gasteiger partial charge < -0.3 is 0 Å². The molecule has 0 aromatic heterocycles. The molecule has 0 aliphatic heterocycles. The van der Waals surface area contributed by atoms with E-state index >= 15 is 0 Å². The van der Waals surface area contributed by atoms with Gasteiger partial charge in [0.1, 0.15) is 0 Å². The van der Waals surface area contributed by atoms with Gasteiger partial charge in [-0.05, 0) is 37.1 Å². The number of nitro groups is 1. The fraction of sp³-hybridized carbons (Fsp3) is 0.176. The van der Waals surface area contributed by atoms with Gasteiger partial charge in [0, 0.05) is 11.6 Å². The highest BCUT2D eigenvalue weighted by Crippen LogP contribution is 2.18. The van der Waals surface area contributed by atoms with Crippen LogP contribution in [0.25, 0.3) is 0 Å². The predicted octanol–water partition coefficient (Wildman–Crippen LogP) is 3.31. The van der Waals surface area contributed by atoms with Gasteiger partial charge in [0.05, 0.1) is 16.2 Å². The second-order valence-electron chi connectivity index (χ2n) is 4.96. The Morgan fingerprint density at radius 3 is 2.43 bits per heavy atom. The molecule has 0 aliphatic rings. The van der Waals surface area contributed by atoms with Crippen LogP contribution in [-0.2, 0) is 6.42 Å². The summed E-state index contributed by atoms with van der Waals surface area (Å²) in [6.07, 6.45) is 0.900. The molecule has 0 saturated heterocycles. The molecule has 0 atom stereocenters. The molecule has 0 spiro atoms. The third kappa shape index (κ3) is 4.00. The minimum Gasteiger partial charge on any atom is -0.267 e. The maximum atomic E-state index is 12.0. The number of benzene rings is 2. The largest absolute Gasteiger partial charge is 0.278 e. The Morgan fingerprint density at radius 2 is 1.83 bits per heavy atom.